The zero-order valence-electron chi connectivity index (χ0n) is 15.4. The predicted octanol–water partition coefficient (Wildman–Crippen LogP) is 2.79. The molecule has 0 saturated heterocycles. The summed E-state index contributed by atoms with van der Waals surface area (Å²) in [5, 5.41) is 2.95. The van der Waals surface area contributed by atoms with Gasteiger partial charge in [-0.05, 0) is 41.8 Å². The van der Waals surface area contributed by atoms with Crippen molar-refractivity contribution in [2.75, 3.05) is 5.32 Å². The lowest BCUT2D eigenvalue weighted by molar-refractivity contribution is -0.122. The Bertz CT molecular complexity index is 876. The van der Waals surface area contributed by atoms with Crippen molar-refractivity contribution >= 4 is 23.4 Å². The van der Waals surface area contributed by atoms with Crippen LogP contribution in [-0.2, 0) is 11.3 Å². The van der Waals surface area contributed by atoms with Crippen molar-refractivity contribution in [3.63, 3.8) is 0 Å². The fourth-order valence-corrected chi connectivity index (χ4v) is 3.34. The molecule has 3 amide bonds. The van der Waals surface area contributed by atoms with Crippen LogP contribution in [0.15, 0.2) is 48.5 Å². The van der Waals surface area contributed by atoms with Crippen LogP contribution in [0, 0.1) is 5.92 Å². The van der Waals surface area contributed by atoms with Gasteiger partial charge in [0.2, 0.25) is 11.8 Å². The first-order valence-corrected chi connectivity index (χ1v) is 9.02. The Kier molecular flexibility index (Phi) is 5.26. The Balaban J connectivity index is 2.00. The van der Waals surface area contributed by atoms with Crippen molar-refractivity contribution in [1.29, 1.82) is 0 Å². The Labute approximate surface area is 158 Å². The van der Waals surface area contributed by atoms with Crippen molar-refractivity contribution in [2.24, 2.45) is 11.7 Å². The molecule has 27 heavy (non-hydrogen) atoms. The Morgan fingerprint density at radius 2 is 1.78 bits per heavy atom. The number of nitrogens with two attached hydrogens (primary N) is 1. The summed E-state index contributed by atoms with van der Waals surface area (Å²) in [7, 11) is 0. The van der Waals surface area contributed by atoms with Gasteiger partial charge in [-0.2, -0.15) is 0 Å². The number of primary amides is 1. The maximum absolute atomic E-state index is 13.2. The highest BCUT2D eigenvalue weighted by molar-refractivity contribution is 6.03. The molecule has 0 radical (unpaired) electrons. The highest BCUT2D eigenvalue weighted by atomic mass is 16.2. The van der Waals surface area contributed by atoms with Gasteiger partial charge >= 0.3 is 0 Å². The molecule has 3 N–H and O–H groups in total. The molecule has 140 valence electrons. The normalized spacial score (nSPS) is 17.5. The topological polar surface area (TPSA) is 92.5 Å². The lowest BCUT2D eigenvalue weighted by Crippen LogP contribution is -2.48. The number of anilines is 1. The summed E-state index contributed by atoms with van der Waals surface area (Å²) in [4.78, 5) is 39.0. The molecule has 2 unspecified atom stereocenters. The van der Waals surface area contributed by atoms with Gasteiger partial charge in [0.25, 0.3) is 5.91 Å². The minimum Gasteiger partial charge on any atom is -0.366 e. The van der Waals surface area contributed by atoms with Crippen molar-refractivity contribution in [2.45, 2.75) is 32.9 Å². The molecule has 6 nitrogen and oxygen atoms in total. The summed E-state index contributed by atoms with van der Waals surface area (Å²) >= 11 is 0. The van der Waals surface area contributed by atoms with Crippen molar-refractivity contribution < 1.29 is 14.4 Å². The number of carbonyl (C=O) groups is 3. The lowest BCUT2D eigenvalue weighted by atomic mass is 9.96. The minimum atomic E-state index is -0.578. The van der Waals surface area contributed by atoms with Gasteiger partial charge in [0, 0.05) is 23.4 Å². The molecule has 2 aromatic carbocycles. The first kappa shape index (κ1) is 18.6. The smallest absolute Gasteiger partial charge is 0.254 e. The van der Waals surface area contributed by atoms with Crippen molar-refractivity contribution in [1.82, 2.24) is 4.90 Å². The zero-order chi connectivity index (χ0) is 19.6. The maximum Gasteiger partial charge on any atom is 0.254 e. The first-order valence-electron chi connectivity index (χ1n) is 9.02. The van der Waals surface area contributed by atoms with Crippen LogP contribution in [0.3, 0.4) is 0 Å². The zero-order valence-corrected chi connectivity index (χ0v) is 15.4. The van der Waals surface area contributed by atoms with Gasteiger partial charge in [0.15, 0.2) is 0 Å². The van der Waals surface area contributed by atoms with E-state index in [-0.39, 0.29) is 17.7 Å². The number of para-hydroxylation sites is 1. The molecule has 2 atom stereocenters. The lowest BCUT2D eigenvalue weighted by Gasteiger charge is -2.32. The molecular weight excluding hydrogens is 342 g/mol. The molecule has 1 aliphatic heterocycles. The van der Waals surface area contributed by atoms with Gasteiger partial charge in [-0.3, -0.25) is 14.4 Å². The quantitative estimate of drug-likeness (QED) is 0.872. The van der Waals surface area contributed by atoms with E-state index < -0.39 is 11.9 Å². The van der Waals surface area contributed by atoms with E-state index in [9.17, 15) is 14.4 Å². The Hall–Kier alpha value is -3.15. The number of hydrogen-bond acceptors (Lipinski definition) is 3. The number of fused-ring (bicyclic) bond motifs is 1. The molecule has 0 aliphatic carbocycles. The number of amides is 3. The summed E-state index contributed by atoms with van der Waals surface area (Å²) in [6, 6.07) is 13.1. The summed E-state index contributed by atoms with van der Waals surface area (Å²) in [5.41, 5.74) is 7.64. The summed E-state index contributed by atoms with van der Waals surface area (Å²) in [6.07, 6.45) is 0.763. The monoisotopic (exact) mass is 365 g/mol. The molecule has 6 heteroatoms. The summed E-state index contributed by atoms with van der Waals surface area (Å²) < 4.78 is 0. The van der Waals surface area contributed by atoms with E-state index >= 15 is 0 Å². The SMILES string of the molecule is CCC(C)C1C(=O)Nc2ccccc2CN1C(=O)c1ccc(C(N)=O)cc1. The van der Waals surface area contributed by atoms with Crippen LogP contribution in [0.4, 0.5) is 5.69 Å². The molecule has 3 rings (SSSR count). The number of hydrogen-bond donors (Lipinski definition) is 2. The van der Waals surface area contributed by atoms with Gasteiger partial charge in [0.05, 0.1) is 0 Å². The van der Waals surface area contributed by atoms with Crippen LogP contribution in [0.5, 0.6) is 0 Å². The standard InChI is InChI=1S/C21H23N3O3/c1-3-13(2)18-20(26)23-17-7-5-4-6-16(17)12-24(18)21(27)15-10-8-14(9-11-15)19(22)25/h4-11,13,18H,3,12H2,1-2H3,(H2,22,25)(H,23,26). The van der Waals surface area contributed by atoms with Crippen LogP contribution in [-0.4, -0.2) is 28.7 Å². The fraction of sp³-hybridized carbons (Fsp3) is 0.286. The Morgan fingerprint density at radius 1 is 1.15 bits per heavy atom. The number of benzene rings is 2. The van der Waals surface area contributed by atoms with Gasteiger partial charge in [-0.1, -0.05) is 38.5 Å². The van der Waals surface area contributed by atoms with Crippen LogP contribution in [0.2, 0.25) is 0 Å². The average molecular weight is 365 g/mol. The molecule has 1 aliphatic rings. The molecule has 0 bridgehead atoms. The number of carbonyl (C=O) groups excluding carboxylic acids is 3. The predicted molar refractivity (Wildman–Crippen MR) is 103 cm³/mol. The van der Waals surface area contributed by atoms with E-state index in [1.54, 1.807) is 17.0 Å². The maximum atomic E-state index is 13.2. The second-order valence-electron chi connectivity index (χ2n) is 6.85. The molecule has 1 heterocycles. The van der Waals surface area contributed by atoms with E-state index in [0.29, 0.717) is 17.7 Å². The highest BCUT2D eigenvalue weighted by Gasteiger charge is 2.36. The van der Waals surface area contributed by atoms with E-state index in [1.807, 2.05) is 38.1 Å². The summed E-state index contributed by atoms with van der Waals surface area (Å²) in [5.74, 6) is -0.984. The third-order valence-corrected chi connectivity index (χ3v) is 5.08. The van der Waals surface area contributed by atoms with E-state index in [1.165, 1.54) is 12.1 Å². The molecule has 2 aromatic rings. The molecule has 0 aromatic heterocycles. The van der Waals surface area contributed by atoms with Crippen LogP contribution in [0.25, 0.3) is 0 Å². The third-order valence-electron chi connectivity index (χ3n) is 5.08. The largest absolute Gasteiger partial charge is 0.366 e. The van der Waals surface area contributed by atoms with Crippen molar-refractivity contribution in [3.05, 3.63) is 65.2 Å². The fourth-order valence-electron chi connectivity index (χ4n) is 3.34. The van der Waals surface area contributed by atoms with Crippen LogP contribution in [0.1, 0.15) is 46.5 Å². The van der Waals surface area contributed by atoms with Gasteiger partial charge < -0.3 is 16.0 Å². The minimum absolute atomic E-state index is 0.00634. The van der Waals surface area contributed by atoms with E-state index in [0.717, 1.165) is 17.7 Å². The first-order chi connectivity index (χ1) is 12.9. The average Bonchev–Trinajstić information content (AvgIpc) is 2.82. The molecule has 0 spiro atoms. The van der Waals surface area contributed by atoms with Crippen LogP contribution < -0.4 is 11.1 Å². The van der Waals surface area contributed by atoms with E-state index in [4.69, 9.17) is 5.73 Å². The molecule has 0 fully saturated rings. The number of nitrogens with zero attached hydrogens (tertiary/aromatic N) is 1. The second-order valence-corrected chi connectivity index (χ2v) is 6.85. The Morgan fingerprint density at radius 3 is 2.41 bits per heavy atom. The van der Waals surface area contributed by atoms with Gasteiger partial charge in [0.1, 0.15) is 6.04 Å². The number of nitrogens with one attached hydrogen (secondary N) is 1. The summed E-state index contributed by atoms with van der Waals surface area (Å²) in [6.45, 7) is 4.30. The van der Waals surface area contributed by atoms with Crippen molar-refractivity contribution in [3.8, 4) is 0 Å². The molecule has 0 saturated carbocycles. The molecular formula is C21H23N3O3. The van der Waals surface area contributed by atoms with E-state index in [2.05, 4.69) is 5.32 Å². The van der Waals surface area contributed by atoms with Gasteiger partial charge in [-0.15, -0.1) is 0 Å². The van der Waals surface area contributed by atoms with Crippen LogP contribution >= 0.6 is 0 Å². The van der Waals surface area contributed by atoms with Gasteiger partial charge in [-0.25, -0.2) is 0 Å². The number of rotatable bonds is 4. The highest BCUT2D eigenvalue weighted by Crippen LogP contribution is 2.28. The third kappa shape index (κ3) is 3.69. The second kappa shape index (κ2) is 7.61.